The first-order valence-electron chi connectivity index (χ1n) is 5.00. The molecule has 0 amide bonds. The van der Waals surface area contributed by atoms with Gasteiger partial charge in [0, 0.05) is 30.5 Å². The van der Waals surface area contributed by atoms with Gasteiger partial charge in [-0.25, -0.2) is 4.98 Å². The Morgan fingerprint density at radius 3 is 2.93 bits per heavy atom. The molecule has 0 fully saturated rings. The van der Waals surface area contributed by atoms with E-state index in [-0.39, 0.29) is 0 Å². The molecule has 80 valence electrons. The van der Waals surface area contributed by atoms with Crippen LogP contribution in [-0.4, -0.2) is 29.0 Å². The molecule has 1 heterocycles. The minimum atomic E-state index is 0.452. The van der Waals surface area contributed by atoms with E-state index in [1.165, 1.54) is 11.5 Å². The van der Waals surface area contributed by atoms with E-state index < -0.39 is 0 Å². The zero-order chi connectivity index (χ0) is 10.4. The van der Waals surface area contributed by atoms with Crippen molar-refractivity contribution in [3.05, 3.63) is 5.82 Å². The maximum atomic E-state index is 4.37. The number of anilines is 1. The third-order valence-corrected chi connectivity index (χ3v) is 2.70. The second-order valence-corrected chi connectivity index (χ2v) is 4.09. The van der Waals surface area contributed by atoms with Crippen LogP contribution in [0.25, 0.3) is 0 Å². The molecule has 0 aliphatic heterocycles. The molecule has 5 heteroatoms. The minimum absolute atomic E-state index is 0.452. The second-order valence-electron chi connectivity index (χ2n) is 3.34. The highest BCUT2D eigenvalue weighted by atomic mass is 32.1. The molecule has 1 aromatic heterocycles. The van der Waals surface area contributed by atoms with Crippen molar-refractivity contribution in [3.63, 3.8) is 0 Å². The van der Waals surface area contributed by atoms with E-state index in [0.29, 0.717) is 6.04 Å². The fourth-order valence-corrected chi connectivity index (χ4v) is 1.61. The number of rotatable bonds is 6. The Morgan fingerprint density at radius 2 is 2.29 bits per heavy atom. The first kappa shape index (κ1) is 11.4. The molecular formula is C9H18N4S. The van der Waals surface area contributed by atoms with E-state index in [9.17, 15) is 0 Å². The highest BCUT2D eigenvalue weighted by molar-refractivity contribution is 7.09. The van der Waals surface area contributed by atoms with Crippen molar-refractivity contribution < 1.29 is 0 Å². The van der Waals surface area contributed by atoms with E-state index >= 15 is 0 Å². The summed E-state index contributed by atoms with van der Waals surface area (Å²) in [5.41, 5.74) is 0. The van der Waals surface area contributed by atoms with E-state index in [4.69, 9.17) is 0 Å². The van der Waals surface area contributed by atoms with Gasteiger partial charge in [-0.3, -0.25) is 0 Å². The maximum absolute atomic E-state index is 4.37. The van der Waals surface area contributed by atoms with Gasteiger partial charge in [-0.1, -0.05) is 6.92 Å². The van der Waals surface area contributed by atoms with Gasteiger partial charge in [0.05, 0.1) is 0 Å². The third kappa shape index (κ3) is 3.59. The third-order valence-electron chi connectivity index (χ3n) is 1.99. The number of nitrogens with one attached hydrogen (secondary N) is 2. The lowest BCUT2D eigenvalue weighted by molar-refractivity contribution is 0.638. The van der Waals surface area contributed by atoms with Crippen molar-refractivity contribution in [2.75, 3.05) is 18.9 Å². The van der Waals surface area contributed by atoms with Crippen molar-refractivity contribution in [2.45, 2.75) is 32.7 Å². The van der Waals surface area contributed by atoms with E-state index in [1.54, 1.807) is 0 Å². The molecule has 0 aliphatic rings. The number of likely N-dealkylation sites (N-methyl/N-ethyl adjacent to an activating group) is 1. The summed E-state index contributed by atoms with van der Waals surface area (Å²) in [6.07, 6.45) is 2.07. The van der Waals surface area contributed by atoms with Crippen LogP contribution in [0, 0.1) is 0 Å². The zero-order valence-electron chi connectivity index (χ0n) is 9.00. The van der Waals surface area contributed by atoms with Gasteiger partial charge in [-0.05, 0) is 20.4 Å². The molecule has 1 atom stereocenters. The molecule has 0 aromatic carbocycles. The largest absolute Gasteiger partial charge is 0.359 e. The molecule has 2 N–H and O–H groups in total. The van der Waals surface area contributed by atoms with Crippen LogP contribution in [0.15, 0.2) is 0 Å². The Morgan fingerprint density at radius 1 is 1.50 bits per heavy atom. The topological polar surface area (TPSA) is 49.8 Å². The summed E-state index contributed by atoms with van der Waals surface area (Å²) in [6.45, 7) is 5.15. The molecule has 0 saturated heterocycles. The van der Waals surface area contributed by atoms with Gasteiger partial charge in [0.2, 0.25) is 5.13 Å². The van der Waals surface area contributed by atoms with Crippen LogP contribution in [0.1, 0.15) is 26.1 Å². The van der Waals surface area contributed by atoms with E-state index in [0.717, 1.165) is 30.3 Å². The van der Waals surface area contributed by atoms with Crippen LogP contribution in [0.5, 0.6) is 0 Å². The minimum Gasteiger partial charge on any atom is -0.359 e. The molecule has 0 radical (unpaired) electrons. The number of nitrogens with zero attached hydrogens (tertiary/aromatic N) is 2. The van der Waals surface area contributed by atoms with Crippen molar-refractivity contribution in [2.24, 2.45) is 0 Å². The summed E-state index contributed by atoms with van der Waals surface area (Å²) in [5.74, 6) is 0.956. The number of hydrogen-bond donors (Lipinski definition) is 2. The fraction of sp³-hybridized carbons (Fsp3) is 0.778. The van der Waals surface area contributed by atoms with Gasteiger partial charge >= 0.3 is 0 Å². The Hall–Kier alpha value is -0.680. The highest BCUT2D eigenvalue weighted by Gasteiger charge is 2.03. The van der Waals surface area contributed by atoms with Crippen LogP contribution >= 0.6 is 11.5 Å². The van der Waals surface area contributed by atoms with Gasteiger partial charge in [-0.2, -0.15) is 4.37 Å². The second kappa shape index (κ2) is 5.93. The van der Waals surface area contributed by atoms with Crippen molar-refractivity contribution in [3.8, 4) is 0 Å². The van der Waals surface area contributed by atoms with Gasteiger partial charge < -0.3 is 10.6 Å². The first-order valence-corrected chi connectivity index (χ1v) is 5.77. The average Bonchev–Trinajstić information content (AvgIpc) is 2.63. The molecule has 1 aromatic rings. The average molecular weight is 214 g/mol. The Kier molecular flexibility index (Phi) is 4.82. The van der Waals surface area contributed by atoms with Crippen LogP contribution in [0.2, 0.25) is 0 Å². The van der Waals surface area contributed by atoms with E-state index in [2.05, 4.69) is 33.8 Å². The first-order chi connectivity index (χ1) is 6.76. The van der Waals surface area contributed by atoms with Crippen LogP contribution in [0.4, 0.5) is 5.13 Å². The molecule has 4 nitrogen and oxygen atoms in total. The quantitative estimate of drug-likeness (QED) is 0.753. The predicted octanol–water partition coefficient (Wildman–Crippen LogP) is 1.51. The molecular weight excluding hydrogens is 196 g/mol. The zero-order valence-corrected chi connectivity index (χ0v) is 9.82. The Labute approximate surface area is 89.3 Å². The lowest BCUT2D eigenvalue weighted by Gasteiger charge is -2.09. The van der Waals surface area contributed by atoms with Gasteiger partial charge in [0.1, 0.15) is 5.82 Å². The highest BCUT2D eigenvalue weighted by Crippen LogP contribution is 2.11. The van der Waals surface area contributed by atoms with Crippen LogP contribution in [-0.2, 0) is 6.42 Å². The summed E-state index contributed by atoms with van der Waals surface area (Å²) < 4.78 is 4.26. The molecule has 0 saturated carbocycles. The molecule has 14 heavy (non-hydrogen) atoms. The van der Waals surface area contributed by atoms with Gasteiger partial charge in [0.25, 0.3) is 0 Å². The fourth-order valence-electron chi connectivity index (χ4n) is 0.993. The van der Waals surface area contributed by atoms with Gasteiger partial charge in [0.15, 0.2) is 0 Å². The summed E-state index contributed by atoms with van der Waals surface area (Å²) in [4.78, 5) is 4.37. The molecule has 0 aliphatic carbocycles. The van der Waals surface area contributed by atoms with E-state index in [1.807, 2.05) is 7.05 Å². The number of hydrogen-bond acceptors (Lipinski definition) is 5. The Balaban J connectivity index is 2.35. The number of aromatic nitrogens is 2. The lowest BCUT2D eigenvalue weighted by atomic mass is 10.3. The van der Waals surface area contributed by atoms with Crippen LogP contribution in [0.3, 0.4) is 0 Å². The van der Waals surface area contributed by atoms with Crippen LogP contribution < -0.4 is 10.6 Å². The van der Waals surface area contributed by atoms with Crippen molar-refractivity contribution in [1.82, 2.24) is 14.7 Å². The maximum Gasteiger partial charge on any atom is 0.202 e. The summed E-state index contributed by atoms with van der Waals surface area (Å²) >= 11 is 1.44. The lowest BCUT2D eigenvalue weighted by Crippen LogP contribution is -2.29. The normalized spacial score (nSPS) is 12.8. The smallest absolute Gasteiger partial charge is 0.202 e. The molecule has 1 unspecified atom stereocenters. The summed E-state index contributed by atoms with van der Waals surface area (Å²) in [7, 11) is 1.95. The monoisotopic (exact) mass is 214 g/mol. The van der Waals surface area contributed by atoms with Crippen molar-refractivity contribution >= 4 is 16.7 Å². The summed E-state index contributed by atoms with van der Waals surface area (Å²) in [6, 6.07) is 0.452. The molecule has 0 bridgehead atoms. The standard InChI is InChI=1S/C9H18N4S/c1-4-5-8-12-9(14-13-8)11-6-7(2)10-3/h7,10H,4-6H2,1-3H3,(H,11,12,13). The van der Waals surface area contributed by atoms with Gasteiger partial charge in [-0.15, -0.1) is 0 Å². The summed E-state index contributed by atoms with van der Waals surface area (Å²) in [5, 5.41) is 7.34. The SMILES string of the molecule is CCCc1nsc(NCC(C)NC)n1. The predicted molar refractivity (Wildman–Crippen MR) is 60.9 cm³/mol. The van der Waals surface area contributed by atoms with Crippen molar-refractivity contribution in [1.29, 1.82) is 0 Å². The molecule has 0 spiro atoms. The Bertz CT molecular complexity index is 261. The number of aryl methyl sites for hydroxylation is 1. The molecule has 1 rings (SSSR count).